The number of carbonyl (C=O) groups excluding carboxylic acids is 2. The number of benzene rings is 3. The van der Waals surface area contributed by atoms with Crippen LogP contribution in [0.15, 0.2) is 72.8 Å². The molecule has 1 heterocycles. The van der Waals surface area contributed by atoms with Crippen molar-refractivity contribution in [2.75, 3.05) is 4.90 Å². The van der Waals surface area contributed by atoms with Crippen molar-refractivity contribution >= 4 is 29.1 Å². The molecule has 1 saturated heterocycles. The van der Waals surface area contributed by atoms with Crippen LogP contribution in [-0.2, 0) is 14.5 Å². The number of halogens is 1. The molecular weight excluding hydrogens is 382 g/mol. The largest absolute Gasteiger partial charge is 0.274 e. The standard InChI is InChI=1S/C25H18ClNO2/c1-14-10-12-15(13-11-14)27-23(28)21-20-16-6-2-4-8-18(16)25(26,22(21)24(27)29)19-9-5-3-7-17(19)20/h2-13,20-22H,1H3/t20?,21-,22+,25?/m1/s1. The predicted molar refractivity (Wildman–Crippen MR) is 112 cm³/mol. The number of carbonyl (C=O) groups is 2. The van der Waals surface area contributed by atoms with Crippen LogP contribution in [0.5, 0.6) is 0 Å². The number of anilines is 1. The molecule has 0 unspecified atom stereocenters. The summed E-state index contributed by atoms with van der Waals surface area (Å²) >= 11 is 7.40. The van der Waals surface area contributed by atoms with E-state index in [9.17, 15) is 9.59 Å². The Bertz CT molecular complexity index is 1150. The van der Waals surface area contributed by atoms with Crippen molar-refractivity contribution in [3.8, 4) is 0 Å². The number of hydrogen-bond donors (Lipinski definition) is 0. The molecule has 29 heavy (non-hydrogen) atoms. The third kappa shape index (κ3) is 1.94. The monoisotopic (exact) mass is 399 g/mol. The Balaban J connectivity index is 1.61. The van der Waals surface area contributed by atoms with E-state index in [-0.39, 0.29) is 17.7 Å². The predicted octanol–water partition coefficient (Wildman–Crippen LogP) is 4.74. The van der Waals surface area contributed by atoms with Gasteiger partial charge in [-0.25, -0.2) is 4.90 Å². The van der Waals surface area contributed by atoms with Crippen LogP contribution in [0.2, 0.25) is 0 Å². The van der Waals surface area contributed by atoms with E-state index in [0.717, 1.165) is 27.8 Å². The maximum Gasteiger partial charge on any atom is 0.240 e. The summed E-state index contributed by atoms with van der Waals surface area (Å²) in [4.78, 5) is 27.6. The lowest BCUT2D eigenvalue weighted by Gasteiger charge is -2.50. The summed E-state index contributed by atoms with van der Waals surface area (Å²) in [5.74, 6) is -1.59. The molecule has 2 bridgehead atoms. The highest BCUT2D eigenvalue weighted by Crippen LogP contribution is 2.65. The number of imide groups is 1. The molecule has 3 nitrogen and oxygen atoms in total. The van der Waals surface area contributed by atoms with Gasteiger partial charge in [-0.15, -0.1) is 11.6 Å². The molecule has 4 heteroatoms. The first-order valence-electron chi connectivity index (χ1n) is 9.85. The molecule has 2 atom stereocenters. The molecular formula is C25H18ClNO2. The zero-order valence-corrected chi connectivity index (χ0v) is 16.6. The van der Waals surface area contributed by atoms with Crippen LogP contribution in [0.4, 0.5) is 5.69 Å². The summed E-state index contributed by atoms with van der Waals surface area (Å²) in [6, 6.07) is 23.5. The molecule has 7 rings (SSSR count). The van der Waals surface area contributed by atoms with E-state index in [1.165, 1.54) is 4.90 Å². The highest BCUT2D eigenvalue weighted by molar-refractivity contribution is 6.33. The molecule has 4 aliphatic rings. The Kier molecular flexibility index (Phi) is 3.27. The van der Waals surface area contributed by atoms with Gasteiger partial charge in [-0.3, -0.25) is 9.59 Å². The second-order valence-electron chi connectivity index (χ2n) is 8.21. The topological polar surface area (TPSA) is 37.4 Å². The first kappa shape index (κ1) is 17.0. The Morgan fingerprint density at radius 3 is 1.93 bits per heavy atom. The Morgan fingerprint density at radius 1 is 0.793 bits per heavy atom. The molecule has 0 N–H and O–H groups in total. The minimum Gasteiger partial charge on any atom is -0.274 e. The number of rotatable bonds is 1. The van der Waals surface area contributed by atoms with Gasteiger partial charge in [-0.1, -0.05) is 66.2 Å². The fourth-order valence-electron chi connectivity index (χ4n) is 5.63. The molecule has 0 aromatic heterocycles. The van der Waals surface area contributed by atoms with Crippen LogP contribution >= 0.6 is 11.6 Å². The van der Waals surface area contributed by atoms with Crippen LogP contribution in [0, 0.1) is 18.8 Å². The molecule has 0 spiro atoms. The van der Waals surface area contributed by atoms with Gasteiger partial charge in [0.05, 0.1) is 17.5 Å². The van der Waals surface area contributed by atoms with Crippen LogP contribution in [-0.4, -0.2) is 11.8 Å². The number of alkyl halides is 1. The van der Waals surface area contributed by atoms with Gasteiger partial charge in [0, 0.05) is 5.92 Å². The smallest absolute Gasteiger partial charge is 0.240 e. The fourth-order valence-corrected chi connectivity index (χ4v) is 6.20. The number of nitrogens with zero attached hydrogens (tertiary/aromatic N) is 1. The normalized spacial score (nSPS) is 28.9. The van der Waals surface area contributed by atoms with E-state index in [4.69, 9.17) is 11.6 Å². The summed E-state index contributed by atoms with van der Waals surface area (Å²) in [5, 5.41) is 0. The fraction of sp³-hybridized carbons (Fsp3) is 0.200. The third-order valence-electron chi connectivity index (χ3n) is 6.81. The number of aryl methyl sites for hydroxylation is 1. The Morgan fingerprint density at radius 2 is 1.34 bits per heavy atom. The molecule has 3 aromatic rings. The van der Waals surface area contributed by atoms with Crippen molar-refractivity contribution in [1.82, 2.24) is 0 Å². The minimum atomic E-state index is -1.03. The average molecular weight is 400 g/mol. The minimum absolute atomic E-state index is 0.150. The average Bonchev–Trinajstić information content (AvgIpc) is 3.01. The Hall–Kier alpha value is -2.91. The van der Waals surface area contributed by atoms with Crippen molar-refractivity contribution in [2.24, 2.45) is 11.8 Å². The van der Waals surface area contributed by atoms with Gasteiger partial charge in [0.1, 0.15) is 4.87 Å². The highest BCUT2D eigenvalue weighted by Gasteiger charge is 2.67. The number of hydrogen-bond acceptors (Lipinski definition) is 2. The van der Waals surface area contributed by atoms with Gasteiger partial charge in [-0.2, -0.15) is 0 Å². The van der Waals surface area contributed by atoms with Crippen LogP contribution in [0.1, 0.15) is 33.7 Å². The molecule has 3 aromatic carbocycles. The van der Waals surface area contributed by atoms with E-state index >= 15 is 0 Å². The van der Waals surface area contributed by atoms with Gasteiger partial charge in [-0.05, 0) is 41.3 Å². The summed E-state index contributed by atoms with van der Waals surface area (Å²) < 4.78 is 0. The van der Waals surface area contributed by atoms with Crippen LogP contribution < -0.4 is 4.90 Å². The van der Waals surface area contributed by atoms with Gasteiger partial charge in [0.25, 0.3) is 0 Å². The first-order chi connectivity index (χ1) is 14.0. The van der Waals surface area contributed by atoms with Gasteiger partial charge in [0.15, 0.2) is 0 Å². The second kappa shape index (κ2) is 5.58. The zero-order chi connectivity index (χ0) is 19.9. The maximum atomic E-state index is 13.7. The van der Waals surface area contributed by atoms with Crippen molar-refractivity contribution in [2.45, 2.75) is 17.7 Å². The second-order valence-corrected chi connectivity index (χ2v) is 8.81. The van der Waals surface area contributed by atoms with Gasteiger partial charge >= 0.3 is 0 Å². The SMILES string of the molecule is Cc1ccc(N2C(=O)[C@@H]3C4c5ccccc5C(Cl)(c5ccccc54)[C@@H]3C2=O)cc1. The summed E-state index contributed by atoms with van der Waals surface area (Å²) in [7, 11) is 0. The third-order valence-corrected chi connectivity index (χ3v) is 7.45. The summed E-state index contributed by atoms with van der Waals surface area (Å²) in [6.07, 6.45) is 0. The van der Waals surface area contributed by atoms with Crippen molar-refractivity contribution in [1.29, 1.82) is 0 Å². The van der Waals surface area contributed by atoms with Crippen LogP contribution in [0.3, 0.4) is 0 Å². The molecule has 1 aliphatic heterocycles. The molecule has 0 radical (unpaired) electrons. The van der Waals surface area contributed by atoms with Crippen LogP contribution in [0.25, 0.3) is 0 Å². The number of amides is 2. The lowest BCUT2D eigenvalue weighted by atomic mass is 9.54. The van der Waals surface area contributed by atoms with E-state index in [2.05, 4.69) is 12.1 Å². The molecule has 142 valence electrons. The quantitative estimate of drug-likeness (QED) is 0.437. The first-order valence-corrected chi connectivity index (χ1v) is 10.2. The van der Waals surface area contributed by atoms with E-state index < -0.39 is 16.7 Å². The van der Waals surface area contributed by atoms with Crippen molar-refractivity contribution < 1.29 is 9.59 Å². The zero-order valence-electron chi connectivity index (χ0n) is 15.8. The van der Waals surface area contributed by atoms with E-state index in [0.29, 0.717) is 5.69 Å². The highest BCUT2D eigenvalue weighted by atomic mass is 35.5. The van der Waals surface area contributed by atoms with Gasteiger partial charge < -0.3 is 0 Å². The Labute approximate surface area is 173 Å². The van der Waals surface area contributed by atoms with E-state index in [1.807, 2.05) is 67.6 Å². The molecule has 2 amide bonds. The van der Waals surface area contributed by atoms with Crippen molar-refractivity contribution in [3.63, 3.8) is 0 Å². The molecule has 1 fully saturated rings. The summed E-state index contributed by atoms with van der Waals surface area (Å²) in [6.45, 7) is 1.98. The maximum absolute atomic E-state index is 13.7. The summed E-state index contributed by atoms with van der Waals surface area (Å²) in [5.41, 5.74) is 5.74. The van der Waals surface area contributed by atoms with Crippen molar-refractivity contribution in [3.05, 3.63) is 101 Å². The molecule has 0 saturated carbocycles. The lowest BCUT2D eigenvalue weighted by Crippen LogP contribution is -2.50. The lowest BCUT2D eigenvalue weighted by molar-refractivity contribution is -0.122. The molecule has 3 aliphatic carbocycles. The van der Waals surface area contributed by atoms with E-state index in [1.54, 1.807) is 0 Å². The van der Waals surface area contributed by atoms with Gasteiger partial charge in [0.2, 0.25) is 11.8 Å².